The molecule has 6 nitrogen and oxygen atoms in total. The summed E-state index contributed by atoms with van der Waals surface area (Å²) < 4.78 is 5.08. The summed E-state index contributed by atoms with van der Waals surface area (Å²) in [6, 6.07) is 4.60. The lowest BCUT2D eigenvalue weighted by Crippen LogP contribution is -2.48. The van der Waals surface area contributed by atoms with Gasteiger partial charge >= 0.3 is 5.97 Å². The molecular weight excluding hydrogens is 274 g/mol. The standard InChI is InChI=1S/C15H15NO5/c1-15(2,3)21-14(20)11(8-17)16-12(18)9-6-4-5-7-10(9)13(16)19/h4-8,11H,1-3H3/t11-/m0/s1. The largest absolute Gasteiger partial charge is 0.458 e. The molecule has 6 heteroatoms. The highest BCUT2D eigenvalue weighted by molar-refractivity contribution is 6.24. The van der Waals surface area contributed by atoms with Gasteiger partial charge in [-0.05, 0) is 32.9 Å². The lowest BCUT2D eigenvalue weighted by atomic mass is 10.1. The van der Waals surface area contributed by atoms with Gasteiger partial charge in [0.2, 0.25) is 0 Å². The number of ether oxygens (including phenoxy) is 1. The minimum absolute atomic E-state index is 0.179. The van der Waals surface area contributed by atoms with Crippen molar-refractivity contribution in [1.82, 2.24) is 4.90 Å². The Balaban J connectivity index is 2.33. The van der Waals surface area contributed by atoms with Crippen molar-refractivity contribution in [2.24, 2.45) is 0 Å². The molecule has 1 aliphatic rings. The molecule has 1 aromatic rings. The first-order chi connectivity index (χ1) is 9.76. The smallest absolute Gasteiger partial charge is 0.337 e. The van der Waals surface area contributed by atoms with Crippen molar-refractivity contribution in [3.05, 3.63) is 35.4 Å². The number of hydrogen-bond acceptors (Lipinski definition) is 5. The SMILES string of the molecule is CC(C)(C)OC(=O)[C@H](C=O)N1C(=O)c2ccccc2C1=O. The zero-order valence-electron chi connectivity index (χ0n) is 12.0. The fourth-order valence-corrected chi connectivity index (χ4v) is 2.04. The van der Waals surface area contributed by atoms with Crippen molar-refractivity contribution >= 4 is 24.1 Å². The van der Waals surface area contributed by atoms with Gasteiger partial charge in [-0.25, -0.2) is 4.79 Å². The number of fused-ring (bicyclic) bond motifs is 1. The minimum Gasteiger partial charge on any atom is -0.458 e. The molecule has 0 saturated heterocycles. The Bertz CT molecular complexity index is 594. The number of amides is 2. The zero-order chi connectivity index (χ0) is 15.8. The number of aldehydes is 1. The third-order valence-corrected chi connectivity index (χ3v) is 2.88. The van der Waals surface area contributed by atoms with E-state index in [1.54, 1.807) is 32.9 Å². The molecule has 0 saturated carbocycles. The lowest BCUT2D eigenvalue weighted by molar-refractivity contribution is -0.160. The molecule has 2 amide bonds. The number of esters is 1. The van der Waals surface area contributed by atoms with Crippen LogP contribution in [0.2, 0.25) is 0 Å². The van der Waals surface area contributed by atoms with Gasteiger partial charge in [0, 0.05) is 0 Å². The number of benzene rings is 1. The molecule has 0 unspecified atom stereocenters. The van der Waals surface area contributed by atoms with E-state index in [2.05, 4.69) is 0 Å². The number of rotatable bonds is 3. The van der Waals surface area contributed by atoms with Crippen molar-refractivity contribution in [3.63, 3.8) is 0 Å². The first kappa shape index (κ1) is 14.9. The van der Waals surface area contributed by atoms with Crippen LogP contribution in [0.4, 0.5) is 0 Å². The average Bonchev–Trinajstić information content (AvgIpc) is 2.64. The van der Waals surface area contributed by atoms with Crippen LogP contribution in [0.3, 0.4) is 0 Å². The van der Waals surface area contributed by atoms with E-state index in [0.29, 0.717) is 4.90 Å². The van der Waals surface area contributed by atoms with Crippen molar-refractivity contribution in [1.29, 1.82) is 0 Å². The van der Waals surface area contributed by atoms with E-state index in [4.69, 9.17) is 4.74 Å². The number of nitrogens with zero attached hydrogens (tertiary/aromatic N) is 1. The summed E-state index contributed by atoms with van der Waals surface area (Å²) in [6.07, 6.45) is 0.246. The molecule has 110 valence electrons. The van der Waals surface area contributed by atoms with E-state index in [1.807, 2.05) is 0 Å². The summed E-state index contributed by atoms with van der Waals surface area (Å²) in [5.41, 5.74) is -0.465. The van der Waals surface area contributed by atoms with Crippen LogP contribution < -0.4 is 0 Å². The van der Waals surface area contributed by atoms with Crippen LogP contribution in [-0.4, -0.2) is 40.6 Å². The molecule has 0 spiro atoms. The number of hydrogen-bond donors (Lipinski definition) is 0. The molecule has 2 rings (SSSR count). The van der Waals surface area contributed by atoms with Gasteiger partial charge in [0.15, 0.2) is 12.3 Å². The lowest BCUT2D eigenvalue weighted by Gasteiger charge is -2.25. The van der Waals surface area contributed by atoms with Crippen molar-refractivity contribution in [3.8, 4) is 0 Å². The quantitative estimate of drug-likeness (QED) is 0.361. The summed E-state index contributed by atoms with van der Waals surface area (Å²) in [6.45, 7) is 4.90. The molecule has 1 aliphatic heterocycles. The van der Waals surface area contributed by atoms with Gasteiger partial charge < -0.3 is 9.53 Å². The van der Waals surface area contributed by atoms with E-state index < -0.39 is 29.4 Å². The fraction of sp³-hybridized carbons (Fsp3) is 0.333. The summed E-state index contributed by atoms with van der Waals surface area (Å²) in [5.74, 6) is -2.26. The third kappa shape index (κ3) is 2.69. The van der Waals surface area contributed by atoms with Crippen LogP contribution in [0.1, 0.15) is 41.5 Å². The highest BCUT2D eigenvalue weighted by Crippen LogP contribution is 2.25. The topological polar surface area (TPSA) is 80.8 Å². The Morgan fingerprint density at radius 2 is 1.62 bits per heavy atom. The van der Waals surface area contributed by atoms with Crippen LogP contribution in [0, 0.1) is 0 Å². The van der Waals surface area contributed by atoms with Crippen LogP contribution in [-0.2, 0) is 14.3 Å². The summed E-state index contributed by atoms with van der Waals surface area (Å²) >= 11 is 0. The maximum atomic E-state index is 12.2. The van der Waals surface area contributed by atoms with Gasteiger partial charge in [0.1, 0.15) is 5.60 Å². The van der Waals surface area contributed by atoms with Gasteiger partial charge in [0.05, 0.1) is 11.1 Å². The Hall–Kier alpha value is -2.50. The van der Waals surface area contributed by atoms with E-state index in [0.717, 1.165) is 0 Å². The molecule has 21 heavy (non-hydrogen) atoms. The number of carbonyl (C=O) groups is 4. The van der Waals surface area contributed by atoms with Crippen LogP contribution in [0.25, 0.3) is 0 Å². The number of imide groups is 1. The van der Waals surface area contributed by atoms with Gasteiger partial charge in [-0.3, -0.25) is 14.5 Å². The van der Waals surface area contributed by atoms with E-state index in [-0.39, 0.29) is 17.4 Å². The zero-order valence-corrected chi connectivity index (χ0v) is 12.0. The number of carbonyl (C=O) groups excluding carboxylic acids is 4. The van der Waals surface area contributed by atoms with Gasteiger partial charge in [-0.1, -0.05) is 12.1 Å². The third-order valence-electron chi connectivity index (χ3n) is 2.88. The van der Waals surface area contributed by atoms with E-state index in [9.17, 15) is 19.2 Å². The molecule has 1 aromatic carbocycles. The highest BCUT2D eigenvalue weighted by Gasteiger charge is 2.44. The Labute approximate surface area is 121 Å². The maximum absolute atomic E-state index is 12.2. The highest BCUT2D eigenvalue weighted by atomic mass is 16.6. The Morgan fingerprint density at radius 1 is 1.14 bits per heavy atom. The van der Waals surface area contributed by atoms with Crippen LogP contribution in [0.15, 0.2) is 24.3 Å². The Kier molecular flexibility index (Phi) is 3.63. The molecule has 0 N–H and O–H groups in total. The monoisotopic (exact) mass is 289 g/mol. The predicted molar refractivity (Wildman–Crippen MR) is 72.6 cm³/mol. The molecule has 0 fully saturated rings. The van der Waals surface area contributed by atoms with Gasteiger partial charge in [-0.15, -0.1) is 0 Å². The molecular formula is C15H15NO5. The Morgan fingerprint density at radius 3 is 2.00 bits per heavy atom. The van der Waals surface area contributed by atoms with Crippen molar-refractivity contribution in [2.75, 3.05) is 0 Å². The molecule has 0 bridgehead atoms. The second kappa shape index (κ2) is 5.12. The second-order valence-electron chi connectivity index (χ2n) is 5.64. The molecule has 0 radical (unpaired) electrons. The fourth-order valence-electron chi connectivity index (χ4n) is 2.04. The molecule has 0 aromatic heterocycles. The van der Waals surface area contributed by atoms with Gasteiger partial charge in [0.25, 0.3) is 11.8 Å². The maximum Gasteiger partial charge on any atom is 0.337 e. The minimum atomic E-state index is -1.57. The van der Waals surface area contributed by atoms with Crippen LogP contribution >= 0.6 is 0 Å². The summed E-state index contributed by atoms with van der Waals surface area (Å²) in [4.78, 5) is 48.3. The molecule has 0 aliphatic carbocycles. The van der Waals surface area contributed by atoms with E-state index in [1.165, 1.54) is 12.1 Å². The molecule has 1 atom stereocenters. The predicted octanol–water partition coefficient (Wildman–Crippen LogP) is 1.19. The van der Waals surface area contributed by atoms with E-state index >= 15 is 0 Å². The first-order valence-electron chi connectivity index (χ1n) is 6.41. The van der Waals surface area contributed by atoms with Gasteiger partial charge in [-0.2, -0.15) is 0 Å². The average molecular weight is 289 g/mol. The summed E-state index contributed by atoms with van der Waals surface area (Å²) in [5, 5.41) is 0. The normalized spacial score (nSPS) is 15.7. The second-order valence-corrected chi connectivity index (χ2v) is 5.64. The first-order valence-corrected chi connectivity index (χ1v) is 6.41. The van der Waals surface area contributed by atoms with Crippen molar-refractivity contribution < 1.29 is 23.9 Å². The molecule has 1 heterocycles. The summed E-state index contributed by atoms with van der Waals surface area (Å²) in [7, 11) is 0. The van der Waals surface area contributed by atoms with Crippen molar-refractivity contribution in [2.45, 2.75) is 32.4 Å². The van der Waals surface area contributed by atoms with Crippen LogP contribution in [0.5, 0.6) is 0 Å².